The second-order valence-corrected chi connectivity index (χ2v) is 12.3. The first-order chi connectivity index (χ1) is 20.2. The van der Waals surface area contributed by atoms with Gasteiger partial charge in [0, 0.05) is 23.1 Å². The highest BCUT2D eigenvalue weighted by atomic mass is 79.9. The Labute approximate surface area is 255 Å². The topological polar surface area (TPSA) is 99.4 Å². The number of amides is 1. The number of esters is 1. The van der Waals surface area contributed by atoms with Gasteiger partial charge in [0.05, 0.1) is 29.0 Å². The minimum atomic E-state index is -0.800. The van der Waals surface area contributed by atoms with Gasteiger partial charge < -0.3 is 19.1 Å². The first-order valence-electron chi connectivity index (χ1n) is 13.7. The molecule has 220 valence electrons. The molecule has 3 heterocycles. The maximum absolute atomic E-state index is 13.9. The number of ether oxygens (including phenoxy) is 3. The van der Waals surface area contributed by atoms with Crippen molar-refractivity contribution < 1.29 is 23.8 Å². The summed E-state index contributed by atoms with van der Waals surface area (Å²) in [5.74, 6) is 0.556. The third-order valence-electron chi connectivity index (χ3n) is 7.07. The van der Waals surface area contributed by atoms with Crippen LogP contribution >= 0.6 is 27.3 Å². The van der Waals surface area contributed by atoms with Crippen molar-refractivity contribution in [2.75, 3.05) is 26.8 Å². The van der Waals surface area contributed by atoms with Crippen molar-refractivity contribution in [2.45, 2.75) is 45.8 Å². The number of hydrogen-bond donors (Lipinski definition) is 0. The van der Waals surface area contributed by atoms with Crippen LogP contribution in [0.1, 0.15) is 50.8 Å². The van der Waals surface area contributed by atoms with Crippen LogP contribution in [0.2, 0.25) is 0 Å². The molecular formula is C31H32BrN3O6S. The van der Waals surface area contributed by atoms with Gasteiger partial charge >= 0.3 is 5.97 Å². The van der Waals surface area contributed by atoms with E-state index >= 15 is 0 Å². The second-order valence-electron chi connectivity index (χ2n) is 10.4. The zero-order chi connectivity index (χ0) is 30.0. The third-order valence-corrected chi connectivity index (χ3v) is 8.55. The van der Waals surface area contributed by atoms with E-state index in [0.29, 0.717) is 32.1 Å². The van der Waals surface area contributed by atoms with Gasteiger partial charge in [0.2, 0.25) is 0 Å². The van der Waals surface area contributed by atoms with E-state index in [9.17, 15) is 14.4 Å². The normalized spacial score (nSPS) is 16.9. The van der Waals surface area contributed by atoms with Gasteiger partial charge in [-0.05, 0) is 75.6 Å². The van der Waals surface area contributed by atoms with Crippen LogP contribution in [0.15, 0.2) is 68.0 Å². The Balaban J connectivity index is 1.51. The number of hydrogen-bond acceptors (Lipinski definition) is 8. The van der Waals surface area contributed by atoms with Crippen molar-refractivity contribution >= 4 is 45.2 Å². The lowest BCUT2D eigenvalue weighted by Crippen LogP contribution is -2.40. The number of carbonyl (C=O) groups excluding carboxylic acids is 2. The minimum Gasteiger partial charge on any atom is -0.496 e. The van der Waals surface area contributed by atoms with Gasteiger partial charge in [-0.15, -0.1) is 0 Å². The highest BCUT2D eigenvalue weighted by molar-refractivity contribution is 9.10. The molecule has 9 nitrogen and oxygen atoms in total. The van der Waals surface area contributed by atoms with Gasteiger partial charge in [0.1, 0.15) is 17.5 Å². The Morgan fingerprint density at radius 2 is 1.86 bits per heavy atom. The second kappa shape index (κ2) is 12.7. The summed E-state index contributed by atoms with van der Waals surface area (Å²) in [4.78, 5) is 46.5. The molecule has 5 rings (SSSR count). The molecule has 0 N–H and O–H groups in total. The van der Waals surface area contributed by atoms with Crippen LogP contribution in [0.5, 0.6) is 11.5 Å². The highest BCUT2D eigenvalue weighted by Crippen LogP contribution is 2.37. The predicted molar refractivity (Wildman–Crippen MR) is 163 cm³/mol. The number of allylic oxidation sites excluding steroid dienone is 1. The van der Waals surface area contributed by atoms with E-state index in [-0.39, 0.29) is 29.8 Å². The van der Waals surface area contributed by atoms with Crippen molar-refractivity contribution in [3.63, 3.8) is 0 Å². The van der Waals surface area contributed by atoms with Crippen LogP contribution in [0.3, 0.4) is 0 Å². The average Bonchev–Trinajstić information content (AvgIpc) is 3.60. The number of rotatable bonds is 8. The third kappa shape index (κ3) is 6.22. The van der Waals surface area contributed by atoms with E-state index < -0.39 is 12.0 Å². The van der Waals surface area contributed by atoms with E-state index in [0.717, 1.165) is 36.0 Å². The summed E-state index contributed by atoms with van der Waals surface area (Å²) in [6.45, 7) is 6.87. The summed E-state index contributed by atoms with van der Waals surface area (Å²) >= 11 is 4.77. The van der Waals surface area contributed by atoms with Crippen molar-refractivity contribution in [2.24, 2.45) is 4.99 Å². The molecule has 0 aliphatic carbocycles. The lowest BCUT2D eigenvalue weighted by molar-refractivity contribution is -0.143. The summed E-state index contributed by atoms with van der Waals surface area (Å²) in [5.41, 5.74) is 1.89. The van der Waals surface area contributed by atoms with E-state index in [1.54, 1.807) is 52.2 Å². The minimum absolute atomic E-state index is 0.00205. The van der Waals surface area contributed by atoms with Crippen molar-refractivity contribution in [3.05, 3.63) is 89.0 Å². The first-order valence-corrected chi connectivity index (χ1v) is 15.3. The zero-order valence-electron chi connectivity index (χ0n) is 23.9. The Morgan fingerprint density at radius 1 is 1.14 bits per heavy atom. The molecule has 2 aliphatic heterocycles. The van der Waals surface area contributed by atoms with Crippen molar-refractivity contribution in [1.82, 2.24) is 9.47 Å². The molecule has 1 aromatic heterocycles. The van der Waals surface area contributed by atoms with E-state index in [2.05, 4.69) is 20.9 Å². The molecule has 2 aliphatic rings. The maximum atomic E-state index is 13.9. The largest absolute Gasteiger partial charge is 0.496 e. The molecule has 42 heavy (non-hydrogen) atoms. The lowest BCUT2D eigenvalue weighted by Gasteiger charge is -2.26. The van der Waals surface area contributed by atoms with E-state index in [4.69, 9.17) is 14.2 Å². The summed E-state index contributed by atoms with van der Waals surface area (Å²) in [5, 5.41) is 0. The molecule has 0 saturated carbocycles. The summed E-state index contributed by atoms with van der Waals surface area (Å²) in [7, 11) is 1.55. The first kappa shape index (κ1) is 29.8. The number of aromatic nitrogens is 1. The number of carbonyl (C=O) groups is 2. The number of nitrogens with zero attached hydrogens (tertiary/aromatic N) is 3. The molecule has 3 aromatic rings. The number of fused-ring (bicyclic) bond motifs is 1. The van der Waals surface area contributed by atoms with Crippen LogP contribution in [0.4, 0.5) is 0 Å². The van der Waals surface area contributed by atoms with Gasteiger partial charge in [-0.1, -0.05) is 39.4 Å². The van der Waals surface area contributed by atoms with Gasteiger partial charge in [-0.25, -0.2) is 9.79 Å². The summed E-state index contributed by atoms with van der Waals surface area (Å²) in [6, 6.07) is 11.9. The molecule has 0 unspecified atom stereocenters. The highest BCUT2D eigenvalue weighted by Gasteiger charge is 2.35. The molecule has 1 amide bonds. The SMILES string of the molecule is COc1ccc(Br)cc1[C@@H]1C(C(=O)OC(C)C)=C(C)N=c2s/c(=C\c3ccc(OCC(=O)N4CCCC4)cc3)c(=O)n21. The molecule has 0 radical (unpaired) electrons. The quantitative estimate of drug-likeness (QED) is 0.341. The monoisotopic (exact) mass is 653 g/mol. The lowest BCUT2D eigenvalue weighted by atomic mass is 9.95. The molecule has 1 atom stereocenters. The van der Waals surface area contributed by atoms with Crippen LogP contribution in [-0.4, -0.2) is 54.3 Å². The van der Waals surface area contributed by atoms with Crippen LogP contribution < -0.4 is 24.4 Å². The zero-order valence-corrected chi connectivity index (χ0v) is 26.3. The summed E-state index contributed by atoms with van der Waals surface area (Å²) < 4.78 is 19.7. The van der Waals surface area contributed by atoms with Crippen LogP contribution in [-0.2, 0) is 14.3 Å². The predicted octanol–water partition coefficient (Wildman–Crippen LogP) is 3.96. The number of likely N-dealkylation sites (tertiary alicyclic amines) is 1. The van der Waals surface area contributed by atoms with Crippen molar-refractivity contribution in [1.29, 1.82) is 0 Å². The molecule has 1 fully saturated rings. The van der Waals surface area contributed by atoms with E-state index in [1.807, 2.05) is 29.2 Å². The smallest absolute Gasteiger partial charge is 0.338 e. The molecule has 0 bridgehead atoms. The van der Waals surface area contributed by atoms with Gasteiger partial charge in [0.15, 0.2) is 11.4 Å². The van der Waals surface area contributed by atoms with Crippen molar-refractivity contribution in [3.8, 4) is 11.5 Å². The standard InChI is InChI=1S/C31H32BrN3O6S/c1-18(2)41-30(38)27-19(3)33-31-35(28(27)23-16-21(32)9-12-24(23)39-4)29(37)25(42-31)15-20-7-10-22(11-8-20)40-17-26(36)34-13-5-6-14-34/h7-12,15-16,18,28H,5-6,13-14,17H2,1-4H3/b25-15-/t28-/m1/s1. The number of halogens is 1. The number of thiazole rings is 1. The Bertz CT molecular complexity index is 1720. The van der Waals surface area contributed by atoms with Gasteiger partial charge in [0.25, 0.3) is 11.5 Å². The summed E-state index contributed by atoms with van der Waals surface area (Å²) in [6.07, 6.45) is 3.50. The molecule has 11 heteroatoms. The number of methoxy groups -OCH3 is 1. The van der Waals surface area contributed by atoms with Gasteiger partial charge in [-0.3, -0.25) is 14.2 Å². The fourth-order valence-electron chi connectivity index (χ4n) is 5.09. The van der Waals surface area contributed by atoms with Gasteiger partial charge in [-0.2, -0.15) is 0 Å². The number of benzene rings is 2. The molecular weight excluding hydrogens is 622 g/mol. The Morgan fingerprint density at radius 3 is 2.52 bits per heavy atom. The Kier molecular flexibility index (Phi) is 8.98. The fraction of sp³-hybridized carbons (Fsp3) is 0.355. The average molecular weight is 655 g/mol. The van der Waals surface area contributed by atoms with Crippen LogP contribution in [0, 0.1) is 0 Å². The molecule has 2 aromatic carbocycles. The Hall–Kier alpha value is -3.70. The molecule has 1 saturated heterocycles. The maximum Gasteiger partial charge on any atom is 0.338 e. The van der Waals surface area contributed by atoms with Crippen LogP contribution in [0.25, 0.3) is 6.08 Å². The fourth-order valence-corrected chi connectivity index (χ4v) is 6.51. The van der Waals surface area contributed by atoms with E-state index in [1.165, 1.54) is 15.9 Å². The molecule has 0 spiro atoms.